The molecule has 10 heteroatoms. The monoisotopic (exact) mass is 421 g/mol. The minimum Gasteiger partial charge on any atom is -0.494 e. The normalized spacial score (nSPS) is 12.6. The molecule has 0 radical (unpaired) electrons. The molecule has 0 spiro atoms. The molecule has 0 heterocycles. The van der Waals surface area contributed by atoms with Crippen LogP contribution in [0, 0.1) is 10.1 Å². The van der Waals surface area contributed by atoms with Crippen LogP contribution in [0.15, 0.2) is 42.5 Å². The molecule has 29 heavy (non-hydrogen) atoms. The van der Waals surface area contributed by atoms with E-state index in [1.54, 1.807) is 38.2 Å². The minimum absolute atomic E-state index is 0.0389. The third-order valence-electron chi connectivity index (χ3n) is 4.37. The maximum absolute atomic E-state index is 12.6. The molecule has 0 bridgehead atoms. The van der Waals surface area contributed by atoms with E-state index < -0.39 is 11.0 Å². The number of carbonyl (C=O) groups is 2. The number of hydrogen-bond donors (Lipinski definition) is 3. The molecule has 0 aliphatic carbocycles. The molecule has 0 aromatic heterocycles. The number of non-ortho nitro benzene ring substituents is 1. The highest BCUT2D eigenvalue weighted by Crippen LogP contribution is 2.29. The van der Waals surface area contributed by atoms with Crippen LogP contribution in [0.3, 0.4) is 0 Å². The number of nitro benzene ring substituents is 1. The lowest BCUT2D eigenvalue weighted by Gasteiger charge is -2.21. The van der Waals surface area contributed by atoms with Gasteiger partial charge in [0.2, 0.25) is 0 Å². The summed E-state index contributed by atoms with van der Waals surface area (Å²) in [5.74, 6) is -0.475. The Bertz CT molecular complexity index is 921. The number of methoxy groups -OCH3 is 1. The second kappa shape index (κ2) is 9.85. The first-order chi connectivity index (χ1) is 13.7. The molecule has 1 unspecified atom stereocenters. The van der Waals surface area contributed by atoms with Crippen LogP contribution in [0.25, 0.3) is 0 Å². The van der Waals surface area contributed by atoms with Gasteiger partial charge in [0.1, 0.15) is 5.75 Å². The summed E-state index contributed by atoms with van der Waals surface area (Å²) in [6, 6.07) is 10.2. The Kier molecular flexibility index (Phi) is 7.52. The van der Waals surface area contributed by atoms with Crippen LogP contribution in [-0.4, -0.2) is 43.5 Å². The molecule has 2 aromatic carbocycles. The first kappa shape index (κ1) is 22.1. The highest BCUT2D eigenvalue weighted by Gasteiger charge is 2.25. The lowest BCUT2D eigenvalue weighted by molar-refractivity contribution is -0.885. The summed E-state index contributed by atoms with van der Waals surface area (Å²) in [6.07, 6.45) is 0. The SMILES string of the molecule is COc1cc([N+](=O)[O-])ccc1NC(=O)[C@H](C)[NH+](C)CC(=O)Nc1ccccc1Cl. The molecule has 0 aliphatic rings. The molecule has 3 N–H and O–H groups in total. The molecular weight excluding hydrogens is 400 g/mol. The molecule has 0 fully saturated rings. The van der Waals surface area contributed by atoms with Crippen LogP contribution in [0.5, 0.6) is 5.75 Å². The number of halogens is 1. The summed E-state index contributed by atoms with van der Waals surface area (Å²) >= 11 is 6.03. The topological polar surface area (TPSA) is 115 Å². The number of benzene rings is 2. The molecule has 9 nitrogen and oxygen atoms in total. The van der Waals surface area contributed by atoms with Crippen LogP contribution in [-0.2, 0) is 9.59 Å². The second-order valence-electron chi connectivity index (χ2n) is 6.40. The van der Waals surface area contributed by atoms with Crippen molar-refractivity contribution >= 4 is 40.5 Å². The van der Waals surface area contributed by atoms with E-state index in [2.05, 4.69) is 10.6 Å². The zero-order chi connectivity index (χ0) is 21.6. The van der Waals surface area contributed by atoms with E-state index in [1.165, 1.54) is 25.3 Å². The van der Waals surface area contributed by atoms with Crippen LogP contribution < -0.4 is 20.3 Å². The van der Waals surface area contributed by atoms with Gasteiger partial charge in [-0.2, -0.15) is 0 Å². The Morgan fingerprint density at radius 2 is 1.90 bits per heavy atom. The van der Waals surface area contributed by atoms with Gasteiger partial charge in [-0.1, -0.05) is 23.7 Å². The number of amides is 2. The number of nitrogens with zero attached hydrogens (tertiary/aromatic N) is 1. The number of para-hydroxylation sites is 1. The summed E-state index contributed by atoms with van der Waals surface area (Å²) in [6.45, 7) is 1.71. The van der Waals surface area contributed by atoms with Crippen molar-refractivity contribution in [2.24, 2.45) is 0 Å². The van der Waals surface area contributed by atoms with Gasteiger partial charge in [-0.25, -0.2) is 0 Å². The van der Waals surface area contributed by atoms with Gasteiger partial charge in [-0.15, -0.1) is 0 Å². The zero-order valence-electron chi connectivity index (χ0n) is 16.2. The number of rotatable bonds is 8. The number of ether oxygens (including phenoxy) is 1. The third-order valence-corrected chi connectivity index (χ3v) is 4.70. The van der Waals surface area contributed by atoms with Gasteiger partial charge in [0.15, 0.2) is 12.6 Å². The molecule has 0 saturated carbocycles. The molecule has 0 saturated heterocycles. The maximum Gasteiger partial charge on any atom is 0.282 e. The standard InChI is InChI=1S/C19H21ClN4O5/c1-12(23(2)11-18(25)21-15-7-5-4-6-14(15)20)19(26)22-16-9-8-13(24(27)28)10-17(16)29-3/h4-10,12H,11H2,1-3H3,(H,21,25)(H,22,26)/p+1/t12-/m0/s1. The Hall–Kier alpha value is -3.17. The van der Waals surface area contributed by atoms with Crippen molar-refractivity contribution < 1.29 is 24.1 Å². The summed E-state index contributed by atoms with van der Waals surface area (Å²) < 4.78 is 5.12. The Labute approximate surface area is 172 Å². The Balaban J connectivity index is 1.99. The average molecular weight is 422 g/mol. The third kappa shape index (κ3) is 5.90. The van der Waals surface area contributed by atoms with Gasteiger partial charge in [0.05, 0.1) is 41.5 Å². The fraction of sp³-hybridized carbons (Fsp3) is 0.263. The van der Waals surface area contributed by atoms with Gasteiger partial charge in [-0.3, -0.25) is 19.7 Å². The van der Waals surface area contributed by atoms with Gasteiger partial charge < -0.3 is 20.3 Å². The van der Waals surface area contributed by atoms with E-state index in [0.717, 1.165) is 0 Å². The van der Waals surface area contributed by atoms with Crippen LogP contribution in [0.1, 0.15) is 6.92 Å². The van der Waals surface area contributed by atoms with Crippen molar-refractivity contribution in [2.75, 3.05) is 31.3 Å². The molecular formula is C19H22ClN4O5+. The number of quaternary nitrogens is 1. The van der Waals surface area contributed by atoms with Crippen LogP contribution >= 0.6 is 11.6 Å². The van der Waals surface area contributed by atoms with Crippen molar-refractivity contribution in [2.45, 2.75) is 13.0 Å². The largest absolute Gasteiger partial charge is 0.494 e. The number of nitrogens with one attached hydrogen (secondary N) is 3. The van der Waals surface area contributed by atoms with Crippen molar-refractivity contribution in [3.8, 4) is 5.75 Å². The highest BCUT2D eigenvalue weighted by molar-refractivity contribution is 6.33. The van der Waals surface area contributed by atoms with Crippen LogP contribution in [0.4, 0.5) is 17.1 Å². The van der Waals surface area contributed by atoms with E-state index in [9.17, 15) is 19.7 Å². The van der Waals surface area contributed by atoms with Gasteiger partial charge >= 0.3 is 0 Å². The summed E-state index contributed by atoms with van der Waals surface area (Å²) in [5.41, 5.74) is 0.662. The summed E-state index contributed by atoms with van der Waals surface area (Å²) in [5, 5.41) is 16.7. The number of nitro groups is 1. The molecule has 2 rings (SSSR count). The van der Waals surface area contributed by atoms with Gasteiger partial charge in [0, 0.05) is 6.07 Å². The molecule has 2 aromatic rings. The van der Waals surface area contributed by atoms with E-state index in [0.29, 0.717) is 21.3 Å². The lowest BCUT2D eigenvalue weighted by atomic mass is 10.2. The van der Waals surface area contributed by atoms with Crippen molar-refractivity contribution in [1.82, 2.24) is 0 Å². The second-order valence-corrected chi connectivity index (χ2v) is 6.81. The average Bonchev–Trinajstić information content (AvgIpc) is 2.69. The Morgan fingerprint density at radius 1 is 1.21 bits per heavy atom. The predicted molar refractivity (Wildman–Crippen MR) is 110 cm³/mol. The van der Waals surface area contributed by atoms with Crippen molar-refractivity contribution in [3.05, 3.63) is 57.6 Å². The highest BCUT2D eigenvalue weighted by atomic mass is 35.5. The first-order valence-electron chi connectivity index (χ1n) is 8.73. The summed E-state index contributed by atoms with van der Waals surface area (Å²) in [4.78, 5) is 35.8. The predicted octanol–water partition coefficient (Wildman–Crippen LogP) is 1.74. The smallest absolute Gasteiger partial charge is 0.282 e. The van der Waals surface area contributed by atoms with Gasteiger partial charge in [0.25, 0.3) is 17.5 Å². The van der Waals surface area contributed by atoms with E-state index in [4.69, 9.17) is 16.3 Å². The van der Waals surface area contributed by atoms with Crippen molar-refractivity contribution in [1.29, 1.82) is 0 Å². The molecule has 2 atom stereocenters. The Morgan fingerprint density at radius 3 is 2.52 bits per heavy atom. The fourth-order valence-electron chi connectivity index (χ4n) is 2.52. The van der Waals surface area contributed by atoms with Gasteiger partial charge in [-0.05, 0) is 25.1 Å². The molecule has 0 aliphatic heterocycles. The first-order valence-corrected chi connectivity index (χ1v) is 9.10. The zero-order valence-corrected chi connectivity index (χ0v) is 16.9. The minimum atomic E-state index is -0.577. The lowest BCUT2D eigenvalue weighted by Crippen LogP contribution is -3.14. The maximum atomic E-state index is 12.6. The fourth-order valence-corrected chi connectivity index (χ4v) is 2.71. The quantitative estimate of drug-likeness (QED) is 0.443. The van der Waals surface area contributed by atoms with E-state index in [1.807, 2.05) is 0 Å². The summed E-state index contributed by atoms with van der Waals surface area (Å²) in [7, 11) is 3.07. The van der Waals surface area contributed by atoms with Crippen molar-refractivity contribution in [3.63, 3.8) is 0 Å². The van der Waals surface area contributed by atoms with E-state index in [-0.39, 0.29) is 29.8 Å². The number of hydrogen-bond acceptors (Lipinski definition) is 5. The molecule has 2 amide bonds. The molecule has 154 valence electrons. The van der Waals surface area contributed by atoms with E-state index >= 15 is 0 Å². The van der Waals surface area contributed by atoms with Crippen LogP contribution in [0.2, 0.25) is 5.02 Å². The number of anilines is 2. The number of carbonyl (C=O) groups excluding carboxylic acids is 2. The number of likely N-dealkylation sites (N-methyl/N-ethyl adjacent to an activating group) is 1.